The lowest BCUT2D eigenvalue weighted by Gasteiger charge is -2.07. The van der Waals surface area contributed by atoms with Gasteiger partial charge < -0.3 is 9.30 Å². The number of nitrogens with zero attached hydrogens (tertiary/aromatic N) is 1. The van der Waals surface area contributed by atoms with Gasteiger partial charge in [-0.25, -0.2) is 0 Å². The summed E-state index contributed by atoms with van der Waals surface area (Å²) in [4.78, 5) is 10.2. The Morgan fingerprint density at radius 2 is 2.21 bits per heavy atom. The van der Waals surface area contributed by atoms with Crippen molar-refractivity contribution in [3.8, 4) is 0 Å². The van der Waals surface area contributed by atoms with Crippen LogP contribution in [0.15, 0.2) is 18.5 Å². The summed E-state index contributed by atoms with van der Waals surface area (Å²) in [6.45, 7) is -1.51. The summed E-state index contributed by atoms with van der Waals surface area (Å²) in [5, 5.41) is 0. The summed E-state index contributed by atoms with van der Waals surface area (Å²) in [6, 6.07) is 1.49. The zero-order chi connectivity index (χ0) is 10.6. The number of rotatable bonds is 4. The van der Waals surface area contributed by atoms with Gasteiger partial charge in [-0.1, -0.05) is 0 Å². The number of aromatic nitrogens is 1. The molecule has 0 aromatic carbocycles. The fourth-order valence-electron chi connectivity index (χ4n) is 0.876. The van der Waals surface area contributed by atoms with Crippen molar-refractivity contribution in [3.05, 3.63) is 24.0 Å². The Hall–Kier alpha value is -1.30. The molecule has 78 valence electrons. The largest absolute Gasteiger partial charge is 0.411 e. The predicted molar refractivity (Wildman–Crippen MR) is 41.8 cm³/mol. The summed E-state index contributed by atoms with van der Waals surface area (Å²) >= 11 is 0. The first-order valence-electron chi connectivity index (χ1n) is 3.77. The van der Waals surface area contributed by atoms with Crippen molar-refractivity contribution in [1.29, 1.82) is 0 Å². The minimum Gasteiger partial charge on any atom is -0.351 e. The van der Waals surface area contributed by atoms with Crippen LogP contribution in [0.4, 0.5) is 13.2 Å². The zero-order valence-corrected chi connectivity index (χ0v) is 7.12. The highest BCUT2D eigenvalue weighted by Gasteiger charge is 2.27. The van der Waals surface area contributed by atoms with Crippen LogP contribution in [-0.2, 0) is 11.5 Å². The maximum atomic E-state index is 11.6. The molecule has 0 fully saturated rings. The quantitative estimate of drug-likeness (QED) is 0.705. The van der Waals surface area contributed by atoms with E-state index in [1.54, 1.807) is 0 Å². The van der Waals surface area contributed by atoms with E-state index in [2.05, 4.69) is 4.74 Å². The van der Waals surface area contributed by atoms with Crippen LogP contribution in [0, 0.1) is 0 Å². The van der Waals surface area contributed by atoms with Crippen LogP contribution < -0.4 is 0 Å². The van der Waals surface area contributed by atoms with Crippen molar-refractivity contribution in [3.63, 3.8) is 0 Å². The van der Waals surface area contributed by atoms with Crippen molar-refractivity contribution in [2.45, 2.75) is 12.9 Å². The Kier molecular flexibility index (Phi) is 3.29. The number of halogens is 3. The van der Waals surface area contributed by atoms with Crippen molar-refractivity contribution in [2.75, 3.05) is 6.61 Å². The second-order valence-corrected chi connectivity index (χ2v) is 2.67. The molecule has 0 aliphatic carbocycles. The highest BCUT2D eigenvalue weighted by Crippen LogP contribution is 2.14. The Morgan fingerprint density at radius 3 is 2.71 bits per heavy atom. The van der Waals surface area contributed by atoms with Crippen LogP contribution in [0.25, 0.3) is 0 Å². The van der Waals surface area contributed by atoms with Gasteiger partial charge in [0.25, 0.3) is 0 Å². The molecule has 0 atom stereocenters. The van der Waals surface area contributed by atoms with Crippen LogP contribution in [0.2, 0.25) is 0 Å². The van der Waals surface area contributed by atoms with Crippen molar-refractivity contribution >= 4 is 6.29 Å². The average Bonchev–Trinajstić information content (AvgIpc) is 2.50. The zero-order valence-electron chi connectivity index (χ0n) is 7.12. The lowest BCUT2D eigenvalue weighted by atomic mass is 10.4. The minimum absolute atomic E-state index is 0.215. The highest BCUT2D eigenvalue weighted by atomic mass is 19.4. The van der Waals surface area contributed by atoms with E-state index in [0.717, 1.165) is 0 Å². The third kappa shape index (κ3) is 3.61. The van der Waals surface area contributed by atoms with Gasteiger partial charge in [0.05, 0.1) is 0 Å². The van der Waals surface area contributed by atoms with E-state index in [-0.39, 0.29) is 6.73 Å². The Labute approximate surface area is 78.1 Å². The Bertz CT molecular complexity index is 306. The molecule has 14 heavy (non-hydrogen) atoms. The summed E-state index contributed by atoms with van der Waals surface area (Å²) in [6.07, 6.45) is -0.829. The molecule has 0 radical (unpaired) electrons. The number of carbonyl (C=O) groups excluding carboxylic acids is 1. The number of aldehydes is 1. The van der Waals surface area contributed by atoms with Crippen molar-refractivity contribution < 1.29 is 22.7 Å². The fourth-order valence-corrected chi connectivity index (χ4v) is 0.876. The van der Waals surface area contributed by atoms with Gasteiger partial charge >= 0.3 is 6.18 Å². The molecular weight excluding hydrogens is 199 g/mol. The molecule has 0 spiro atoms. The molecule has 0 saturated carbocycles. The summed E-state index contributed by atoms with van der Waals surface area (Å²) in [7, 11) is 0. The molecule has 0 saturated heterocycles. The van der Waals surface area contributed by atoms with Crippen LogP contribution in [0.5, 0.6) is 0 Å². The number of hydrogen-bond acceptors (Lipinski definition) is 2. The standard InChI is InChI=1S/C8H8F3NO2/c9-8(10,11)5-14-6-12-2-1-7(3-12)4-13/h1-4H,5-6H2. The third-order valence-corrected chi connectivity index (χ3v) is 1.42. The maximum Gasteiger partial charge on any atom is 0.411 e. The smallest absolute Gasteiger partial charge is 0.351 e. The molecule has 1 aromatic rings. The summed E-state index contributed by atoms with van der Waals surface area (Å²) < 4.78 is 40.6. The Balaban J connectivity index is 2.35. The molecule has 0 aliphatic rings. The number of ether oxygens (including phenoxy) is 1. The molecular formula is C8H8F3NO2. The second-order valence-electron chi connectivity index (χ2n) is 2.67. The molecule has 0 amide bonds. The monoisotopic (exact) mass is 207 g/mol. The van der Waals surface area contributed by atoms with E-state index >= 15 is 0 Å². The average molecular weight is 207 g/mol. The highest BCUT2D eigenvalue weighted by molar-refractivity contribution is 5.74. The third-order valence-electron chi connectivity index (χ3n) is 1.42. The molecule has 1 rings (SSSR count). The van der Waals surface area contributed by atoms with Gasteiger partial charge in [-0.3, -0.25) is 4.79 Å². The van der Waals surface area contributed by atoms with Gasteiger partial charge in [-0.05, 0) is 6.07 Å². The molecule has 6 heteroatoms. The molecule has 0 bridgehead atoms. The molecule has 1 aromatic heterocycles. The lowest BCUT2D eigenvalue weighted by molar-refractivity contribution is -0.181. The molecule has 3 nitrogen and oxygen atoms in total. The molecule has 0 unspecified atom stereocenters. The summed E-state index contributed by atoms with van der Waals surface area (Å²) in [5.41, 5.74) is 0.403. The maximum absolute atomic E-state index is 11.6. The second kappa shape index (κ2) is 4.28. The van der Waals surface area contributed by atoms with E-state index in [1.807, 2.05) is 0 Å². The summed E-state index contributed by atoms with van der Waals surface area (Å²) in [5.74, 6) is 0. The van der Waals surface area contributed by atoms with E-state index in [0.29, 0.717) is 11.8 Å². The minimum atomic E-state index is -4.32. The van der Waals surface area contributed by atoms with E-state index in [4.69, 9.17) is 0 Å². The van der Waals surface area contributed by atoms with E-state index < -0.39 is 12.8 Å². The molecule has 1 heterocycles. The fraction of sp³-hybridized carbons (Fsp3) is 0.375. The first kappa shape index (κ1) is 10.8. The van der Waals surface area contributed by atoms with Crippen LogP contribution in [0.3, 0.4) is 0 Å². The molecule has 0 aliphatic heterocycles. The van der Waals surface area contributed by atoms with Crippen LogP contribution in [0.1, 0.15) is 10.4 Å². The van der Waals surface area contributed by atoms with Gasteiger partial charge in [0.2, 0.25) is 0 Å². The van der Waals surface area contributed by atoms with E-state index in [9.17, 15) is 18.0 Å². The number of carbonyl (C=O) groups is 1. The number of alkyl halides is 3. The van der Waals surface area contributed by atoms with Gasteiger partial charge in [-0.15, -0.1) is 0 Å². The number of hydrogen-bond donors (Lipinski definition) is 0. The van der Waals surface area contributed by atoms with Crippen molar-refractivity contribution in [1.82, 2.24) is 4.57 Å². The lowest BCUT2D eigenvalue weighted by Crippen LogP contribution is -2.17. The van der Waals surface area contributed by atoms with Gasteiger partial charge in [0.1, 0.15) is 13.3 Å². The van der Waals surface area contributed by atoms with Gasteiger partial charge in [-0.2, -0.15) is 13.2 Å². The van der Waals surface area contributed by atoms with Crippen LogP contribution in [-0.4, -0.2) is 23.6 Å². The van der Waals surface area contributed by atoms with Crippen LogP contribution >= 0.6 is 0 Å². The normalized spacial score (nSPS) is 11.6. The van der Waals surface area contributed by atoms with Gasteiger partial charge in [0, 0.05) is 18.0 Å². The first-order chi connectivity index (χ1) is 6.51. The predicted octanol–water partition coefficient (Wildman–Crippen LogP) is 1.84. The topological polar surface area (TPSA) is 31.2 Å². The van der Waals surface area contributed by atoms with Crippen molar-refractivity contribution in [2.24, 2.45) is 0 Å². The van der Waals surface area contributed by atoms with Gasteiger partial charge in [0.15, 0.2) is 6.29 Å². The molecule has 0 N–H and O–H groups in total. The van der Waals surface area contributed by atoms with E-state index in [1.165, 1.54) is 23.0 Å². The first-order valence-corrected chi connectivity index (χ1v) is 3.77. The Morgan fingerprint density at radius 1 is 1.50 bits per heavy atom. The SMILES string of the molecule is O=Cc1ccn(COCC(F)(F)F)c1.